The third-order valence-corrected chi connectivity index (χ3v) is 3.52. The van der Waals surface area contributed by atoms with Crippen molar-refractivity contribution in [1.82, 2.24) is 0 Å². The number of hydrogen-bond acceptors (Lipinski definition) is 2. The number of nitrogens with one attached hydrogen (secondary N) is 1. The summed E-state index contributed by atoms with van der Waals surface area (Å²) in [5, 5.41) is 12.3. The van der Waals surface area contributed by atoms with E-state index in [0.29, 0.717) is 12.2 Å². The number of halogens is 1. The first-order chi connectivity index (χ1) is 9.56. The lowest BCUT2D eigenvalue weighted by molar-refractivity contribution is 0.0698. The Bertz CT molecular complexity index is 626. The van der Waals surface area contributed by atoms with Gasteiger partial charge < -0.3 is 10.4 Å². The van der Waals surface area contributed by atoms with E-state index < -0.39 is 5.97 Å². The molecule has 0 heterocycles. The molecule has 2 aromatic carbocycles. The zero-order valence-corrected chi connectivity index (χ0v) is 12.8. The van der Waals surface area contributed by atoms with E-state index >= 15 is 0 Å². The highest BCUT2D eigenvalue weighted by Gasteiger charge is 2.09. The molecule has 2 rings (SSSR count). The second-order valence-corrected chi connectivity index (χ2v) is 5.58. The molecule has 0 spiro atoms. The minimum absolute atomic E-state index is 0.289. The predicted molar refractivity (Wildman–Crippen MR) is 84.5 cm³/mol. The first kappa shape index (κ1) is 14.6. The van der Waals surface area contributed by atoms with Crippen LogP contribution in [-0.4, -0.2) is 17.6 Å². The van der Waals surface area contributed by atoms with Gasteiger partial charge in [-0.1, -0.05) is 45.8 Å². The topological polar surface area (TPSA) is 49.3 Å². The zero-order chi connectivity index (χ0) is 14.5. The van der Waals surface area contributed by atoms with Gasteiger partial charge in [-0.3, -0.25) is 0 Å². The number of benzene rings is 2. The molecule has 20 heavy (non-hydrogen) atoms. The molecule has 0 aliphatic heterocycles. The third-order valence-electron chi connectivity index (χ3n) is 3.02. The molecular formula is C16H16BrNO2. The monoisotopic (exact) mass is 333 g/mol. The molecule has 0 bridgehead atoms. The molecule has 0 fully saturated rings. The summed E-state index contributed by atoms with van der Waals surface area (Å²) in [5.74, 6) is -0.921. The van der Waals surface area contributed by atoms with Crippen molar-refractivity contribution < 1.29 is 9.90 Å². The average molecular weight is 334 g/mol. The van der Waals surface area contributed by atoms with Crippen LogP contribution in [0.2, 0.25) is 0 Å². The minimum atomic E-state index is -0.921. The van der Waals surface area contributed by atoms with E-state index in [4.69, 9.17) is 5.11 Å². The first-order valence-corrected chi connectivity index (χ1v) is 7.18. The van der Waals surface area contributed by atoms with Crippen LogP contribution >= 0.6 is 15.9 Å². The van der Waals surface area contributed by atoms with E-state index in [0.717, 1.165) is 10.9 Å². The summed E-state index contributed by atoms with van der Waals surface area (Å²) in [7, 11) is 0. The molecule has 0 saturated carbocycles. The lowest BCUT2D eigenvalue weighted by Crippen LogP contribution is -2.09. The predicted octanol–water partition coefficient (Wildman–Crippen LogP) is 4.11. The Morgan fingerprint density at radius 3 is 2.75 bits per heavy atom. The van der Waals surface area contributed by atoms with Crippen molar-refractivity contribution in [1.29, 1.82) is 0 Å². The fourth-order valence-corrected chi connectivity index (χ4v) is 2.42. The van der Waals surface area contributed by atoms with Crippen LogP contribution in [0.1, 0.15) is 21.5 Å². The zero-order valence-electron chi connectivity index (χ0n) is 11.2. The van der Waals surface area contributed by atoms with Crippen LogP contribution in [0.3, 0.4) is 0 Å². The van der Waals surface area contributed by atoms with Crippen molar-refractivity contribution in [2.75, 3.05) is 11.9 Å². The number of carboxylic acids is 1. The van der Waals surface area contributed by atoms with Gasteiger partial charge in [0.05, 0.1) is 5.56 Å². The second kappa shape index (κ2) is 6.57. The Balaban J connectivity index is 2.04. The molecule has 3 nitrogen and oxygen atoms in total. The summed E-state index contributed by atoms with van der Waals surface area (Å²) in [5.41, 5.74) is 3.40. The van der Waals surface area contributed by atoms with Crippen LogP contribution in [-0.2, 0) is 6.42 Å². The quantitative estimate of drug-likeness (QED) is 0.865. The van der Waals surface area contributed by atoms with Crippen LogP contribution < -0.4 is 5.32 Å². The van der Waals surface area contributed by atoms with E-state index in [2.05, 4.69) is 46.4 Å². The first-order valence-electron chi connectivity index (χ1n) is 6.38. The van der Waals surface area contributed by atoms with Gasteiger partial charge in [0, 0.05) is 16.7 Å². The maximum atomic E-state index is 11.2. The van der Waals surface area contributed by atoms with Gasteiger partial charge in [0.15, 0.2) is 0 Å². The normalized spacial score (nSPS) is 10.3. The van der Waals surface area contributed by atoms with Crippen molar-refractivity contribution in [2.45, 2.75) is 13.3 Å². The van der Waals surface area contributed by atoms with E-state index in [1.54, 1.807) is 18.2 Å². The van der Waals surface area contributed by atoms with Crippen molar-refractivity contribution in [2.24, 2.45) is 0 Å². The standard InChI is InChI=1S/C16H16BrNO2/c1-11-3-2-4-12(9-11)7-8-18-15-10-13(17)5-6-14(15)16(19)20/h2-6,9-10,18H,7-8H2,1H3,(H,19,20). The number of carbonyl (C=O) groups is 1. The van der Waals surface area contributed by atoms with Crippen LogP contribution in [0, 0.1) is 6.92 Å². The molecule has 0 amide bonds. The minimum Gasteiger partial charge on any atom is -0.478 e. The fourth-order valence-electron chi connectivity index (χ4n) is 2.06. The molecule has 0 aliphatic rings. The molecule has 0 radical (unpaired) electrons. The highest BCUT2D eigenvalue weighted by atomic mass is 79.9. The number of anilines is 1. The summed E-state index contributed by atoms with van der Waals surface area (Å²) in [6.45, 7) is 2.76. The molecule has 0 aromatic heterocycles. The molecule has 2 N–H and O–H groups in total. The van der Waals surface area contributed by atoms with Gasteiger partial charge in [0.25, 0.3) is 0 Å². The molecule has 0 aliphatic carbocycles. The highest BCUT2D eigenvalue weighted by molar-refractivity contribution is 9.10. The Labute approximate surface area is 126 Å². The van der Waals surface area contributed by atoms with Crippen molar-refractivity contribution >= 4 is 27.6 Å². The van der Waals surface area contributed by atoms with E-state index in [9.17, 15) is 4.79 Å². The van der Waals surface area contributed by atoms with E-state index in [1.807, 2.05) is 6.07 Å². The molecule has 104 valence electrons. The number of hydrogen-bond donors (Lipinski definition) is 2. The SMILES string of the molecule is Cc1cccc(CCNc2cc(Br)ccc2C(=O)O)c1. The van der Waals surface area contributed by atoms with E-state index in [-0.39, 0.29) is 5.56 Å². The maximum Gasteiger partial charge on any atom is 0.337 e. The number of rotatable bonds is 5. The van der Waals surface area contributed by atoms with E-state index in [1.165, 1.54) is 11.1 Å². The van der Waals surface area contributed by atoms with Gasteiger partial charge in [-0.2, -0.15) is 0 Å². The van der Waals surface area contributed by atoms with Gasteiger partial charge >= 0.3 is 5.97 Å². The fraction of sp³-hybridized carbons (Fsp3) is 0.188. The summed E-state index contributed by atoms with van der Waals surface area (Å²) >= 11 is 3.36. The van der Waals surface area contributed by atoms with Gasteiger partial charge in [-0.15, -0.1) is 0 Å². The molecule has 2 aromatic rings. The number of aryl methyl sites for hydroxylation is 1. The number of aromatic carboxylic acids is 1. The maximum absolute atomic E-state index is 11.2. The van der Waals surface area contributed by atoms with Crippen LogP contribution in [0.4, 0.5) is 5.69 Å². The Morgan fingerprint density at radius 1 is 1.25 bits per heavy atom. The van der Waals surface area contributed by atoms with Crippen molar-refractivity contribution in [3.63, 3.8) is 0 Å². The van der Waals surface area contributed by atoms with Crippen LogP contribution in [0.15, 0.2) is 46.9 Å². The second-order valence-electron chi connectivity index (χ2n) is 4.66. The highest BCUT2D eigenvalue weighted by Crippen LogP contribution is 2.21. The molecule has 0 atom stereocenters. The van der Waals surface area contributed by atoms with Crippen LogP contribution in [0.5, 0.6) is 0 Å². The van der Waals surface area contributed by atoms with Gasteiger partial charge in [-0.25, -0.2) is 4.79 Å². The Hall–Kier alpha value is -1.81. The van der Waals surface area contributed by atoms with Crippen LogP contribution in [0.25, 0.3) is 0 Å². The summed E-state index contributed by atoms with van der Waals surface area (Å²) in [6, 6.07) is 13.4. The summed E-state index contributed by atoms with van der Waals surface area (Å²) in [4.78, 5) is 11.2. The largest absolute Gasteiger partial charge is 0.478 e. The van der Waals surface area contributed by atoms with Crippen molar-refractivity contribution in [3.8, 4) is 0 Å². The molecule has 0 saturated heterocycles. The Morgan fingerprint density at radius 2 is 2.05 bits per heavy atom. The molecule has 0 unspecified atom stereocenters. The summed E-state index contributed by atoms with van der Waals surface area (Å²) < 4.78 is 0.862. The van der Waals surface area contributed by atoms with Gasteiger partial charge in [0.2, 0.25) is 0 Å². The Kier molecular flexibility index (Phi) is 4.79. The van der Waals surface area contributed by atoms with Gasteiger partial charge in [-0.05, 0) is 37.1 Å². The summed E-state index contributed by atoms with van der Waals surface area (Å²) in [6.07, 6.45) is 0.854. The lowest BCUT2D eigenvalue weighted by atomic mass is 10.1. The van der Waals surface area contributed by atoms with Crippen molar-refractivity contribution in [3.05, 3.63) is 63.6 Å². The smallest absolute Gasteiger partial charge is 0.337 e. The molecule has 4 heteroatoms. The lowest BCUT2D eigenvalue weighted by Gasteiger charge is -2.10. The molecular weight excluding hydrogens is 318 g/mol. The average Bonchev–Trinajstić information content (AvgIpc) is 2.38. The number of carboxylic acid groups (broad SMARTS) is 1. The third kappa shape index (κ3) is 3.84. The van der Waals surface area contributed by atoms with Gasteiger partial charge in [0.1, 0.15) is 0 Å².